The van der Waals surface area contributed by atoms with Crippen molar-refractivity contribution < 1.29 is 38.3 Å². The van der Waals surface area contributed by atoms with Gasteiger partial charge in [0, 0.05) is 0 Å². The smallest absolute Gasteiger partial charge is 0.294 e. The Bertz CT molecular complexity index is 455. The molecule has 3 N–H and O–H groups in total. The average Bonchev–Trinajstić information content (AvgIpc) is 1.48. The lowest BCUT2D eigenvalue weighted by atomic mass is 12.0. The summed E-state index contributed by atoms with van der Waals surface area (Å²) >= 11 is 0. The molecule has 0 aliphatic carbocycles. The molecule has 0 saturated heterocycles. The van der Waals surface area contributed by atoms with E-state index in [0.29, 0.717) is 0 Å². The molecule has 0 bridgehead atoms. The molecule has 0 saturated carbocycles. The Kier molecular flexibility index (Phi) is 2.67. The first-order chi connectivity index (χ1) is 5.24. The molecule has 0 fully saturated rings. The first-order valence-electron chi connectivity index (χ1n) is 2.29. The second-order valence-corrected chi connectivity index (χ2v) is 10.0. The fraction of sp³-hybridized carbons (Fsp3) is 1.00. The summed E-state index contributed by atoms with van der Waals surface area (Å²) in [5.74, 6) is 0. The summed E-state index contributed by atoms with van der Waals surface area (Å²) in [6.07, 6.45) is -0.0969. The largest absolute Gasteiger partial charge is 0.411 e. The van der Waals surface area contributed by atoms with Crippen LogP contribution in [-0.4, -0.2) is 41.0 Å². The van der Waals surface area contributed by atoms with E-state index in [-0.39, 0.29) is 6.26 Å². The Hall–Kier alpha value is -0.110. The monoisotopic (exact) mass is 258 g/mol. The molecule has 9 nitrogen and oxygen atoms in total. The third-order valence-electron chi connectivity index (χ3n) is 0.717. The van der Waals surface area contributed by atoms with E-state index in [1.165, 1.54) is 0 Å². The van der Waals surface area contributed by atoms with Gasteiger partial charge in [0.1, 0.15) is 0 Å². The third kappa shape index (κ3) is 3.26. The molecule has 0 aromatic carbocycles. The van der Waals surface area contributed by atoms with Crippen LogP contribution in [0.15, 0.2) is 0 Å². The highest BCUT2D eigenvalue weighted by Crippen LogP contribution is 2.27. The molecule has 0 rings (SSSR count). The molecule has 0 atom stereocenters. The summed E-state index contributed by atoms with van der Waals surface area (Å²) < 4.78 is 78.6. The number of hydrogen-bond donors (Lipinski definition) is 3. The summed E-state index contributed by atoms with van der Waals surface area (Å²) in [6.45, 7) is 0. The summed E-state index contributed by atoms with van der Waals surface area (Å²) in [6, 6.07) is 0. The van der Waals surface area contributed by atoms with Crippen LogP contribution in [0.3, 0.4) is 0 Å². The van der Waals surface area contributed by atoms with Gasteiger partial charge in [0.2, 0.25) is 8.66 Å². The van der Waals surface area contributed by atoms with Gasteiger partial charge in [-0.15, -0.1) is 3.63 Å². The molecule has 0 amide bonds. The Morgan fingerprint density at radius 3 is 1.54 bits per heavy atom. The lowest BCUT2D eigenvalue weighted by Crippen LogP contribution is -2.43. The van der Waals surface area contributed by atoms with E-state index in [2.05, 4.69) is 3.63 Å². The minimum absolute atomic E-state index is 0.0969. The predicted molar refractivity (Wildman–Crippen MR) is 40.9 cm³/mol. The third-order valence-corrected chi connectivity index (χ3v) is 6.95. The zero-order chi connectivity index (χ0) is 11.2. The van der Waals surface area contributed by atoms with Crippen molar-refractivity contribution >= 4 is 28.2 Å². The van der Waals surface area contributed by atoms with Gasteiger partial charge in [0.15, 0.2) is 0 Å². The topological polar surface area (TPSA) is 155 Å². The van der Waals surface area contributed by atoms with Crippen molar-refractivity contribution in [1.29, 1.82) is 0 Å². The van der Waals surface area contributed by atoms with Gasteiger partial charge in [-0.2, -0.15) is 16.8 Å². The maximum atomic E-state index is 10.8. The minimum Gasteiger partial charge on any atom is -0.294 e. The van der Waals surface area contributed by atoms with Crippen molar-refractivity contribution in [2.75, 3.05) is 6.26 Å². The molecular formula is CH6O9S3. The van der Waals surface area contributed by atoms with Gasteiger partial charge >= 0.3 is 19.5 Å². The van der Waals surface area contributed by atoms with Gasteiger partial charge in [-0.25, -0.2) is 4.21 Å². The summed E-state index contributed by atoms with van der Waals surface area (Å²) in [5, 5.41) is 0. The molecule has 0 aliphatic rings. The van der Waals surface area contributed by atoms with E-state index in [9.17, 15) is 21.0 Å². The van der Waals surface area contributed by atoms with Crippen molar-refractivity contribution in [3.8, 4) is 0 Å². The molecule has 12 heteroatoms. The zero-order valence-corrected chi connectivity index (χ0v) is 8.47. The highest BCUT2D eigenvalue weighted by molar-refractivity contribution is 8.75. The second-order valence-electron chi connectivity index (χ2n) is 2.03. The fourth-order valence-electron chi connectivity index (χ4n) is 0.230. The standard InChI is InChI=1S/CH6O9S3/c1-13(8,9,12(5,6)7)10-11(2,3)4/h1H3,(H,8,9)(H,2,3,4)(H,5,6,7). The zero-order valence-electron chi connectivity index (χ0n) is 6.02. The van der Waals surface area contributed by atoms with Crippen LogP contribution < -0.4 is 0 Å². The van der Waals surface area contributed by atoms with E-state index in [0.717, 1.165) is 0 Å². The van der Waals surface area contributed by atoms with Gasteiger partial charge in [-0.3, -0.25) is 13.7 Å². The van der Waals surface area contributed by atoms with Crippen LogP contribution in [0.4, 0.5) is 0 Å². The van der Waals surface area contributed by atoms with Crippen LogP contribution in [0.25, 0.3) is 0 Å². The fourth-order valence-corrected chi connectivity index (χ4v) is 3.33. The van der Waals surface area contributed by atoms with Gasteiger partial charge in [0.25, 0.3) is 0 Å². The van der Waals surface area contributed by atoms with Gasteiger partial charge in [0.05, 0.1) is 6.26 Å². The number of rotatable bonds is 3. The van der Waals surface area contributed by atoms with Crippen molar-refractivity contribution in [3.05, 3.63) is 0 Å². The van der Waals surface area contributed by atoms with Crippen LogP contribution in [0.2, 0.25) is 0 Å². The normalized spacial score (nSPS) is 17.7. The Balaban J connectivity index is 5.59. The average molecular weight is 258 g/mol. The van der Waals surface area contributed by atoms with Crippen LogP contribution in [0.5, 0.6) is 0 Å². The van der Waals surface area contributed by atoms with Gasteiger partial charge < -0.3 is 0 Å². The number of hydrogen-bond acceptors (Lipinski definition) is 6. The SMILES string of the molecule is CS(=O)(O)(OS(=O)(=O)O)S(=O)(=O)O. The molecule has 0 spiro atoms. The van der Waals surface area contributed by atoms with Crippen LogP contribution >= 0.6 is 0 Å². The second kappa shape index (κ2) is 2.69. The Labute approximate surface area is 73.2 Å². The Morgan fingerprint density at radius 1 is 1.15 bits per heavy atom. The van der Waals surface area contributed by atoms with Crippen LogP contribution in [0, 0.1) is 0 Å². The van der Waals surface area contributed by atoms with Crippen LogP contribution in [-0.2, 0) is 31.8 Å². The maximum Gasteiger partial charge on any atom is 0.411 e. The first kappa shape index (κ1) is 12.9. The molecule has 0 aromatic rings. The quantitative estimate of drug-likeness (QED) is 0.402. The summed E-state index contributed by atoms with van der Waals surface area (Å²) in [7, 11) is -17.5. The molecule has 0 aromatic heterocycles. The molecule has 82 valence electrons. The maximum absolute atomic E-state index is 10.8. The first-order valence-corrected chi connectivity index (χ1v) is 7.87. The van der Waals surface area contributed by atoms with Crippen molar-refractivity contribution in [2.24, 2.45) is 0 Å². The molecule has 13 heavy (non-hydrogen) atoms. The van der Waals surface area contributed by atoms with E-state index in [1.807, 2.05) is 0 Å². The van der Waals surface area contributed by atoms with Gasteiger partial charge in [-0.1, -0.05) is 0 Å². The molecule has 0 heterocycles. The Morgan fingerprint density at radius 2 is 1.46 bits per heavy atom. The van der Waals surface area contributed by atoms with Crippen molar-refractivity contribution in [3.63, 3.8) is 0 Å². The predicted octanol–water partition coefficient (Wildman–Crippen LogP) is -1.55. The van der Waals surface area contributed by atoms with E-state index < -0.39 is 28.2 Å². The van der Waals surface area contributed by atoms with E-state index in [4.69, 9.17) is 13.7 Å². The molecular weight excluding hydrogens is 252 g/mol. The van der Waals surface area contributed by atoms with E-state index >= 15 is 0 Å². The van der Waals surface area contributed by atoms with Crippen molar-refractivity contribution in [1.82, 2.24) is 0 Å². The minimum atomic E-state index is -6.31. The highest BCUT2D eigenvalue weighted by Gasteiger charge is 2.47. The summed E-state index contributed by atoms with van der Waals surface area (Å²) in [4.78, 5) is 0. The lowest BCUT2D eigenvalue weighted by molar-refractivity contribution is 0.354. The lowest BCUT2D eigenvalue weighted by Gasteiger charge is -2.25. The summed E-state index contributed by atoms with van der Waals surface area (Å²) in [5.41, 5.74) is 0. The molecule has 0 radical (unpaired) electrons. The van der Waals surface area contributed by atoms with Crippen molar-refractivity contribution in [2.45, 2.75) is 0 Å². The molecule has 0 unspecified atom stereocenters. The molecule has 0 aliphatic heterocycles. The van der Waals surface area contributed by atoms with Gasteiger partial charge in [-0.05, 0) is 0 Å². The van der Waals surface area contributed by atoms with Crippen LogP contribution in [0.1, 0.15) is 0 Å². The highest BCUT2D eigenvalue weighted by atomic mass is 33.2. The van der Waals surface area contributed by atoms with E-state index in [1.54, 1.807) is 0 Å².